The van der Waals surface area contributed by atoms with E-state index < -0.39 is 0 Å². The van der Waals surface area contributed by atoms with E-state index in [-0.39, 0.29) is 24.3 Å². The van der Waals surface area contributed by atoms with Crippen molar-refractivity contribution < 1.29 is 9.59 Å². The summed E-state index contributed by atoms with van der Waals surface area (Å²) in [6.07, 6.45) is 2.81. The maximum absolute atomic E-state index is 11.8. The standard InChI is InChI=1S/C15H18N2O2/c1-17-14(18)8-13(15(17)19)16-9-11-4-2-3-5-12(11)10-6-7-10/h2-5,10,13,16H,6-9H2,1H3. The van der Waals surface area contributed by atoms with Crippen LogP contribution in [0.4, 0.5) is 0 Å². The van der Waals surface area contributed by atoms with Gasteiger partial charge in [0.05, 0.1) is 12.5 Å². The molecule has 19 heavy (non-hydrogen) atoms. The molecule has 1 aromatic rings. The van der Waals surface area contributed by atoms with Gasteiger partial charge >= 0.3 is 0 Å². The molecule has 1 atom stereocenters. The van der Waals surface area contributed by atoms with Crippen LogP contribution >= 0.6 is 0 Å². The summed E-state index contributed by atoms with van der Waals surface area (Å²) in [5.74, 6) is 0.480. The number of carbonyl (C=O) groups excluding carboxylic acids is 2. The Balaban J connectivity index is 1.67. The third-order valence-electron chi connectivity index (χ3n) is 3.99. The molecule has 1 saturated heterocycles. The Morgan fingerprint density at radius 2 is 2.00 bits per heavy atom. The van der Waals surface area contributed by atoms with Crippen molar-refractivity contribution in [3.05, 3.63) is 35.4 Å². The Labute approximate surface area is 112 Å². The fourth-order valence-electron chi connectivity index (χ4n) is 2.64. The highest BCUT2D eigenvalue weighted by Gasteiger charge is 2.35. The summed E-state index contributed by atoms with van der Waals surface area (Å²) in [6.45, 7) is 0.657. The Morgan fingerprint density at radius 1 is 1.26 bits per heavy atom. The largest absolute Gasteiger partial charge is 0.301 e. The van der Waals surface area contributed by atoms with E-state index in [0.717, 1.165) is 0 Å². The lowest BCUT2D eigenvalue weighted by Crippen LogP contribution is -2.36. The van der Waals surface area contributed by atoms with E-state index in [4.69, 9.17) is 0 Å². The molecule has 1 unspecified atom stereocenters. The number of rotatable bonds is 4. The van der Waals surface area contributed by atoms with Gasteiger partial charge in [-0.1, -0.05) is 24.3 Å². The van der Waals surface area contributed by atoms with Gasteiger partial charge in [-0.05, 0) is 29.9 Å². The van der Waals surface area contributed by atoms with E-state index in [1.165, 1.54) is 28.9 Å². The topological polar surface area (TPSA) is 49.4 Å². The minimum atomic E-state index is -0.357. The molecular weight excluding hydrogens is 240 g/mol. The molecule has 2 amide bonds. The molecule has 2 aliphatic rings. The van der Waals surface area contributed by atoms with Crippen molar-refractivity contribution in [2.75, 3.05) is 7.05 Å². The van der Waals surface area contributed by atoms with Gasteiger partial charge in [0.2, 0.25) is 11.8 Å². The molecule has 0 aromatic heterocycles. The van der Waals surface area contributed by atoms with Crippen molar-refractivity contribution in [3.63, 3.8) is 0 Å². The van der Waals surface area contributed by atoms with Crippen LogP contribution in [0.3, 0.4) is 0 Å². The van der Waals surface area contributed by atoms with Crippen molar-refractivity contribution in [3.8, 4) is 0 Å². The smallest absolute Gasteiger partial charge is 0.246 e. The number of imide groups is 1. The Morgan fingerprint density at radius 3 is 2.63 bits per heavy atom. The van der Waals surface area contributed by atoms with Crippen LogP contribution < -0.4 is 5.32 Å². The molecule has 0 radical (unpaired) electrons. The van der Waals surface area contributed by atoms with E-state index in [0.29, 0.717) is 12.5 Å². The number of benzene rings is 1. The zero-order valence-corrected chi connectivity index (χ0v) is 11.1. The molecule has 2 fully saturated rings. The van der Waals surface area contributed by atoms with Crippen LogP contribution in [0.1, 0.15) is 36.3 Å². The summed E-state index contributed by atoms with van der Waals surface area (Å²) in [4.78, 5) is 24.5. The predicted octanol–water partition coefficient (Wildman–Crippen LogP) is 1.41. The summed E-state index contributed by atoms with van der Waals surface area (Å²) in [5, 5.41) is 3.22. The van der Waals surface area contributed by atoms with Gasteiger partial charge in [0, 0.05) is 13.6 Å². The van der Waals surface area contributed by atoms with Crippen LogP contribution in [-0.4, -0.2) is 29.8 Å². The molecule has 1 aromatic carbocycles. The average Bonchev–Trinajstić information content (AvgIpc) is 3.22. The average molecular weight is 258 g/mol. The van der Waals surface area contributed by atoms with E-state index in [9.17, 15) is 9.59 Å². The van der Waals surface area contributed by atoms with Crippen LogP contribution in [0.5, 0.6) is 0 Å². The number of nitrogens with zero attached hydrogens (tertiary/aromatic N) is 1. The molecule has 1 aliphatic heterocycles. The van der Waals surface area contributed by atoms with Gasteiger partial charge in [-0.3, -0.25) is 14.5 Å². The van der Waals surface area contributed by atoms with Crippen molar-refractivity contribution in [1.82, 2.24) is 10.2 Å². The molecule has 4 heteroatoms. The highest BCUT2D eigenvalue weighted by molar-refractivity contribution is 6.05. The van der Waals surface area contributed by atoms with E-state index >= 15 is 0 Å². The van der Waals surface area contributed by atoms with Crippen LogP contribution in [0.25, 0.3) is 0 Å². The van der Waals surface area contributed by atoms with Gasteiger partial charge in [0.1, 0.15) is 0 Å². The minimum Gasteiger partial charge on any atom is -0.301 e. The van der Waals surface area contributed by atoms with Gasteiger partial charge in [-0.15, -0.1) is 0 Å². The van der Waals surface area contributed by atoms with Gasteiger partial charge in [-0.2, -0.15) is 0 Å². The normalized spacial score (nSPS) is 23.2. The zero-order chi connectivity index (χ0) is 13.4. The fourth-order valence-corrected chi connectivity index (χ4v) is 2.64. The van der Waals surface area contributed by atoms with Crippen molar-refractivity contribution in [1.29, 1.82) is 0 Å². The van der Waals surface area contributed by atoms with Crippen molar-refractivity contribution in [2.24, 2.45) is 0 Å². The van der Waals surface area contributed by atoms with Crippen LogP contribution in [0.15, 0.2) is 24.3 Å². The highest BCUT2D eigenvalue weighted by atomic mass is 16.2. The summed E-state index contributed by atoms with van der Waals surface area (Å²) < 4.78 is 0. The van der Waals surface area contributed by atoms with Crippen molar-refractivity contribution in [2.45, 2.75) is 37.8 Å². The first-order valence-corrected chi connectivity index (χ1v) is 6.78. The molecule has 1 N–H and O–H groups in total. The molecule has 0 spiro atoms. The Kier molecular flexibility index (Phi) is 3.11. The van der Waals surface area contributed by atoms with Crippen LogP contribution in [0, 0.1) is 0 Å². The Bertz CT molecular complexity index is 523. The molecule has 3 rings (SSSR count). The van der Waals surface area contributed by atoms with E-state index in [1.54, 1.807) is 7.05 Å². The molecule has 1 saturated carbocycles. The molecule has 4 nitrogen and oxygen atoms in total. The fraction of sp³-hybridized carbons (Fsp3) is 0.467. The van der Waals surface area contributed by atoms with Gasteiger partial charge in [0.25, 0.3) is 0 Å². The second kappa shape index (κ2) is 4.78. The van der Waals surface area contributed by atoms with Crippen LogP contribution in [0.2, 0.25) is 0 Å². The van der Waals surface area contributed by atoms with Gasteiger partial charge in [-0.25, -0.2) is 0 Å². The maximum Gasteiger partial charge on any atom is 0.246 e. The number of hydrogen-bond donors (Lipinski definition) is 1. The van der Waals surface area contributed by atoms with E-state index in [2.05, 4.69) is 23.5 Å². The van der Waals surface area contributed by atoms with E-state index in [1.807, 2.05) is 6.07 Å². The van der Waals surface area contributed by atoms with Gasteiger partial charge in [0.15, 0.2) is 0 Å². The number of hydrogen-bond acceptors (Lipinski definition) is 3. The molecule has 1 aliphatic carbocycles. The molecule has 0 bridgehead atoms. The second-order valence-electron chi connectivity index (χ2n) is 5.40. The highest BCUT2D eigenvalue weighted by Crippen LogP contribution is 2.41. The molecule has 100 valence electrons. The predicted molar refractivity (Wildman–Crippen MR) is 71.4 cm³/mol. The summed E-state index contributed by atoms with van der Waals surface area (Å²) >= 11 is 0. The number of nitrogens with one attached hydrogen (secondary N) is 1. The summed E-state index contributed by atoms with van der Waals surface area (Å²) in [7, 11) is 1.55. The number of likely N-dealkylation sites (N-methyl/N-ethyl adjacent to an activating group) is 1. The maximum atomic E-state index is 11.8. The third kappa shape index (κ3) is 2.40. The number of amides is 2. The first kappa shape index (κ1) is 12.4. The number of carbonyl (C=O) groups is 2. The number of likely N-dealkylation sites (tertiary alicyclic amines) is 1. The quantitative estimate of drug-likeness (QED) is 0.831. The lowest BCUT2D eigenvalue weighted by Gasteiger charge is -2.13. The third-order valence-corrected chi connectivity index (χ3v) is 3.99. The SMILES string of the molecule is CN1C(=O)CC(NCc2ccccc2C2CC2)C1=O. The van der Waals surface area contributed by atoms with Crippen LogP contribution in [-0.2, 0) is 16.1 Å². The zero-order valence-electron chi connectivity index (χ0n) is 11.1. The lowest BCUT2D eigenvalue weighted by atomic mass is 10.0. The first-order chi connectivity index (χ1) is 9.16. The van der Waals surface area contributed by atoms with Gasteiger partial charge < -0.3 is 5.32 Å². The first-order valence-electron chi connectivity index (χ1n) is 6.78. The molecular formula is C15H18N2O2. The van der Waals surface area contributed by atoms with Crippen molar-refractivity contribution >= 4 is 11.8 Å². The monoisotopic (exact) mass is 258 g/mol. The lowest BCUT2D eigenvalue weighted by molar-refractivity contribution is -0.137. The summed E-state index contributed by atoms with van der Waals surface area (Å²) in [6, 6.07) is 8.00. The summed E-state index contributed by atoms with van der Waals surface area (Å²) in [5.41, 5.74) is 2.64. The Hall–Kier alpha value is -1.68. The minimum absolute atomic E-state index is 0.0991. The molecule has 1 heterocycles. The second-order valence-corrected chi connectivity index (χ2v) is 5.40.